The molecule has 0 saturated carbocycles. The van der Waals surface area contributed by atoms with Crippen molar-refractivity contribution >= 4 is 16.3 Å². The summed E-state index contributed by atoms with van der Waals surface area (Å²) in [5.74, 6) is 2.12. The van der Waals surface area contributed by atoms with Crippen molar-refractivity contribution in [2.75, 3.05) is 14.2 Å². The first kappa shape index (κ1) is 18.0. The lowest BCUT2D eigenvalue weighted by molar-refractivity contribution is 0.350. The summed E-state index contributed by atoms with van der Waals surface area (Å²) < 4.78 is 17.3. The Kier molecular flexibility index (Phi) is 4.24. The maximum absolute atomic E-state index is 6.38. The standard InChI is InChI=1S/C22H19N5O3/c1-28-16-9-5-8-14(20(16)29-2)18-17-13-7-4-3-6-12(13)10-11-15(17)30-21(23)19(18)22-24-26-27-25-22/h3-11,18H,23H2,1-2H3,(H,24,25,26,27). The van der Waals surface area contributed by atoms with Crippen molar-refractivity contribution in [1.82, 2.24) is 20.6 Å². The van der Waals surface area contributed by atoms with Gasteiger partial charge in [0.15, 0.2) is 17.4 Å². The molecular formula is C22H19N5O3. The van der Waals surface area contributed by atoms with Gasteiger partial charge in [-0.25, -0.2) is 0 Å². The van der Waals surface area contributed by atoms with E-state index in [4.69, 9.17) is 19.9 Å². The predicted molar refractivity (Wildman–Crippen MR) is 111 cm³/mol. The first-order valence-electron chi connectivity index (χ1n) is 9.36. The van der Waals surface area contributed by atoms with Crippen LogP contribution in [0.5, 0.6) is 17.2 Å². The van der Waals surface area contributed by atoms with Crippen LogP contribution in [0.2, 0.25) is 0 Å². The zero-order chi connectivity index (χ0) is 20.7. The van der Waals surface area contributed by atoms with E-state index in [1.807, 2.05) is 42.5 Å². The fourth-order valence-electron chi connectivity index (χ4n) is 4.09. The zero-order valence-electron chi connectivity index (χ0n) is 16.4. The number of nitrogens with zero attached hydrogens (tertiary/aromatic N) is 3. The van der Waals surface area contributed by atoms with Gasteiger partial charge in [-0.2, -0.15) is 5.21 Å². The quantitative estimate of drug-likeness (QED) is 0.540. The number of aromatic nitrogens is 4. The van der Waals surface area contributed by atoms with Crippen LogP contribution in [-0.4, -0.2) is 34.8 Å². The van der Waals surface area contributed by atoms with Gasteiger partial charge >= 0.3 is 0 Å². The molecule has 150 valence electrons. The first-order valence-corrected chi connectivity index (χ1v) is 9.36. The monoisotopic (exact) mass is 401 g/mol. The minimum Gasteiger partial charge on any atom is -0.493 e. The minimum absolute atomic E-state index is 0.217. The van der Waals surface area contributed by atoms with Crippen LogP contribution in [0.1, 0.15) is 22.9 Å². The van der Waals surface area contributed by atoms with Crippen LogP contribution >= 0.6 is 0 Å². The maximum Gasteiger partial charge on any atom is 0.206 e. The number of fused-ring (bicyclic) bond motifs is 3. The SMILES string of the molecule is COc1cccc(C2C(c3nn[nH]n3)=C(N)Oc3ccc4ccccc4c32)c1OC. The maximum atomic E-state index is 6.38. The number of para-hydroxylation sites is 1. The van der Waals surface area contributed by atoms with Crippen LogP contribution < -0.4 is 19.9 Å². The molecule has 0 amide bonds. The third kappa shape index (κ3) is 2.65. The number of benzene rings is 3. The van der Waals surface area contributed by atoms with E-state index in [9.17, 15) is 0 Å². The highest BCUT2D eigenvalue weighted by Gasteiger charge is 2.37. The Hall–Kier alpha value is -4.07. The number of tetrazole rings is 1. The van der Waals surface area contributed by atoms with Crippen LogP contribution in [0.25, 0.3) is 16.3 Å². The molecule has 0 fully saturated rings. The fourth-order valence-corrected chi connectivity index (χ4v) is 4.09. The van der Waals surface area contributed by atoms with Crippen LogP contribution in [0, 0.1) is 0 Å². The van der Waals surface area contributed by atoms with Gasteiger partial charge in [0.2, 0.25) is 5.82 Å². The second-order valence-electron chi connectivity index (χ2n) is 6.83. The molecule has 1 unspecified atom stereocenters. The van der Waals surface area contributed by atoms with Crippen molar-refractivity contribution in [1.29, 1.82) is 0 Å². The molecule has 0 saturated heterocycles. The van der Waals surface area contributed by atoms with Crippen molar-refractivity contribution in [3.05, 3.63) is 77.4 Å². The summed E-state index contributed by atoms with van der Waals surface area (Å²) in [4.78, 5) is 0. The van der Waals surface area contributed by atoms with E-state index in [0.717, 1.165) is 21.9 Å². The van der Waals surface area contributed by atoms with Gasteiger partial charge in [-0.1, -0.05) is 42.5 Å². The smallest absolute Gasteiger partial charge is 0.206 e. The molecule has 0 bridgehead atoms. The van der Waals surface area contributed by atoms with Crippen molar-refractivity contribution in [2.45, 2.75) is 5.92 Å². The third-order valence-electron chi connectivity index (χ3n) is 5.32. The van der Waals surface area contributed by atoms with E-state index in [1.54, 1.807) is 14.2 Å². The van der Waals surface area contributed by atoms with Crippen molar-refractivity contribution in [2.24, 2.45) is 5.73 Å². The van der Waals surface area contributed by atoms with Crippen LogP contribution in [-0.2, 0) is 0 Å². The number of nitrogens with one attached hydrogen (secondary N) is 1. The lowest BCUT2D eigenvalue weighted by Crippen LogP contribution is -2.22. The van der Waals surface area contributed by atoms with E-state index in [0.29, 0.717) is 28.6 Å². The Morgan fingerprint density at radius 2 is 1.87 bits per heavy atom. The summed E-state index contributed by atoms with van der Waals surface area (Å²) in [6.07, 6.45) is 0. The Morgan fingerprint density at radius 1 is 1.00 bits per heavy atom. The molecule has 0 aliphatic carbocycles. The molecule has 1 aromatic heterocycles. The van der Waals surface area contributed by atoms with Crippen molar-refractivity contribution in [3.8, 4) is 17.2 Å². The van der Waals surface area contributed by atoms with Crippen molar-refractivity contribution in [3.63, 3.8) is 0 Å². The lowest BCUT2D eigenvalue weighted by atomic mass is 9.80. The highest BCUT2D eigenvalue weighted by atomic mass is 16.5. The summed E-state index contributed by atoms with van der Waals surface area (Å²) in [6.45, 7) is 0. The summed E-state index contributed by atoms with van der Waals surface area (Å²) in [6, 6.07) is 17.8. The highest BCUT2D eigenvalue weighted by molar-refractivity contribution is 5.93. The third-order valence-corrected chi connectivity index (χ3v) is 5.32. The number of nitrogens with two attached hydrogens (primary N) is 1. The van der Waals surface area contributed by atoms with Gasteiger partial charge in [-0.3, -0.25) is 0 Å². The summed E-state index contributed by atoms with van der Waals surface area (Å²) in [7, 11) is 3.23. The topological polar surface area (TPSA) is 108 Å². The second-order valence-corrected chi connectivity index (χ2v) is 6.83. The number of ether oxygens (including phenoxy) is 3. The Morgan fingerprint density at radius 3 is 2.63 bits per heavy atom. The molecule has 4 aromatic rings. The number of rotatable bonds is 4. The largest absolute Gasteiger partial charge is 0.493 e. The second kappa shape index (κ2) is 7.07. The molecule has 30 heavy (non-hydrogen) atoms. The Balaban J connectivity index is 1.88. The van der Waals surface area contributed by atoms with E-state index >= 15 is 0 Å². The van der Waals surface area contributed by atoms with Gasteiger partial charge in [0.05, 0.1) is 25.7 Å². The number of methoxy groups -OCH3 is 2. The minimum atomic E-state index is -0.359. The van der Waals surface area contributed by atoms with Gasteiger partial charge in [-0.15, -0.1) is 10.2 Å². The molecule has 2 heterocycles. The number of aromatic amines is 1. The summed E-state index contributed by atoms with van der Waals surface area (Å²) in [5, 5.41) is 16.7. The summed E-state index contributed by atoms with van der Waals surface area (Å²) in [5.41, 5.74) is 8.81. The normalized spacial score (nSPS) is 15.6. The Bertz CT molecular complexity index is 1270. The van der Waals surface area contributed by atoms with Crippen molar-refractivity contribution < 1.29 is 14.2 Å². The predicted octanol–water partition coefficient (Wildman–Crippen LogP) is 3.22. The molecule has 3 N–H and O–H groups in total. The van der Waals surface area contributed by atoms with Gasteiger partial charge in [0.25, 0.3) is 0 Å². The summed E-state index contributed by atoms with van der Waals surface area (Å²) >= 11 is 0. The van der Waals surface area contributed by atoms with E-state index < -0.39 is 0 Å². The number of H-pyrrole nitrogens is 1. The number of allylic oxidation sites excluding steroid dienone is 1. The highest BCUT2D eigenvalue weighted by Crippen LogP contribution is 2.51. The average molecular weight is 401 g/mol. The number of hydrogen-bond donors (Lipinski definition) is 2. The molecule has 0 spiro atoms. The molecule has 1 aliphatic heterocycles. The van der Waals surface area contributed by atoms with Crippen LogP contribution in [0.4, 0.5) is 0 Å². The molecule has 1 aliphatic rings. The average Bonchev–Trinajstić information content (AvgIpc) is 3.31. The van der Waals surface area contributed by atoms with Gasteiger partial charge in [-0.05, 0) is 28.1 Å². The first-order chi connectivity index (χ1) is 14.7. The number of hydrogen-bond acceptors (Lipinski definition) is 7. The lowest BCUT2D eigenvalue weighted by Gasteiger charge is -2.30. The van der Waals surface area contributed by atoms with Crippen LogP contribution in [0.3, 0.4) is 0 Å². The van der Waals surface area contributed by atoms with E-state index in [1.165, 1.54) is 0 Å². The molecule has 8 heteroatoms. The Labute approximate surface area is 172 Å². The van der Waals surface area contributed by atoms with Gasteiger partial charge in [0, 0.05) is 11.1 Å². The van der Waals surface area contributed by atoms with Gasteiger partial charge < -0.3 is 19.9 Å². The molecule has 1 atom stereocenters. The van der Waals surface area contributed by atoms with Gasteiger partial charge in [0.1, 0.15) is 5.75 Å². The molecule has 5 rings (SSSR count). The van der Waals surface area contributed by atoms with Crippen LogP contribution in [0.15, 0.2) is 60.5 Å². The molecule has 3 aromatic carbocycles. The molecular weight excluding hydrogens is 382 g/mol. The molecule has 8 nitrogen and oxygen atoms in total. The van der Waals surface area contributed by atoms with E-state index in [2.05, 4.69) is 32.8 Å². The fraction of sp³-hybridized carbons (Fsp3) is 0.136. The molecule has 0 radical (unpaired) electrons. The van der Waals surface area contributed by atoms with E-state index in [-0.39, 0.29) is 11.8 Å². The zero-order valence-corrected chi connectivity index (χ0v) is 16.4.